The molecule has 0 N–H and O–H groups in total. The second-order valence-corrected chi connectivity index (χ2v) is 6.98. The smallest absolute Gasteiger partial charge is 0.340 e. The molecule has 2 aromatic carbocycles. The third-order valence-electron chi connectivity index (χ3n) is 4.68. The molecule has 2 heterocycles. The summed E-state index contributed by atoms with van der Waals surface area (Å²) in [4.78, 5) is 19.0. The monoisotopic (exact) mass is 405 g/mol. The first kappa shape index (κ1) is 17.9. The maximum Gasteiger partial charge on any atom is 0.340 e. The Bertz CT molecular complexity index is 1050. The van der Waals surface area contributed by atoms with Gasteiger partial charge >= 0.3 is 5.97 Å². The fourth-order valence-electron chi connectivity index (χ4n) is 3.44. The predicted octanol–water partition coefficient (Wildman–Crippen LogP) is 4.68. The number of fused-ring (bicyclic) bond motifs is 3. The van der Waals surface area contributed by atoms with Gasteiger partial charge in [0, 0.05) is 19.2 Å². The molecule has 6 nitrogen and oxygen atoms in total. The molecule has 0 fully saturated rings. The van der Waals surface area contributed by atoms with Crippen LogP contribution in [0.5, 0.6) is 5.75 Å². The summed E-state index contributed by atoms with van der Waals surface area (Å²) in [6.45, 7) is 1.47. The summed E-state index contributed by atoms with van der Waals surface area (Å²) >= 11 is 12.9. The Labute approximate surface area is 166 Å². The zero-order chi connectivity index (χ0) is 19.1. The molecule has 3 aromatic rings. The van der Waals surface area contributed by atoms with Crippen molar-refractivity contribution in [3.05, 3.63) is 45.9 Å². The lowest BCUT2D eigenvalue weighted by molar-refractivity contribution is 0.0602. The van der Waals surface area contributed by atoms with Gasteiger partial charge in [-0.2, -0.15) is 0 Å². The lowest BCUT2D eigenvalue weighted by Gasteiger charge is -2.30. The molecule has 0 atom stereocenters. The van der Waals surface area contributed by atoms with Crippen LogP contribution in [-0.2, 0) is 11.3 Å². The van der Waals surface area contributed by atoms with E-state index in [4.69, 9.17) is 37.7 Å². The Balaban J connectivity index is 1.92. The summed E-state index contributed by atoms with van der Waals surface area (Å²) in [7, 11) is 2.96. The molecule has 0 aliphatic carbocycles. The van der Waals surface area contributed by atoms with Crippen molar-refractivity contribution in [3.63, 3.8) is 0 Å². The fourth-order valence-corrected chi connectivity index (χ4v) is 3.90. The molecular weight excluding hydrogens is 389 g/mol. The number of halogens is 2. The maximum atomic E-state index is 12.2. The lowest BCUT2D eigenvalue weighted by Crippen LogP contribution is -2.28. The summed E-state index contributed by atoms with van der Waals surface area (Å²) < 4.78 is 12.2. The van der Waals surface area contributed by atoms with Gasteiger partial charge in [-0.1, -0.05) is 23.2 Å². The second kappa shape index (κ2) is 6.94. The highest BCUT2D eigenvalue weighted by atomic mass is 35.5. The number of carbonyl (C=O) groups excluding carboxylic acids is 1. The molecule has 0 saturated carbocycles. The maximum absolute atomic E-state index is 12.2. The van der Waals surface area contributed by atoms with Crippen molar-refractivity contribution >= 4 is 51.8 Å². The van der Waals surface area contributed by atoms with Crippen LogP contribution in [0.4, 0.5) is 11.6 Å². The van der Waals surface area contributed by atoms with Crippen LogP contribution in [0.2, 0.25) is 10.0 Å². The van der Waals surface area contributed by atoms with Gasteiger partial charge in [0.1, 0.15) is 11.3 Å². The van der Waals surface area contributed by atoms with E-state index in [1.54, 1.807) is 25.3 Å². The van der Waals surface area contributed by atoms with Gasteiger partial charge in [0.05, 0.1) is 41.0 Å². The molecule has 0 bridgehead atoms. The number of benzene rings is 2. The second-order valence-electron chi connectivity index (χ2n) is 6.17. The number of ether oxygens (including phenoxy) is 2. The first-order chi connectivity index (χ1) is 13.0. The van der Waals surface area contributed by atoms with Crippen LogP contribution in [-0.4, -0.2) is 36.3 Å². The first-order valence-electron chi connectivity index (χ1n) is 8.43. The SMILES string of the molecule is COC(=O)c1ccc(Cl)c2nc3n(c12)CCCN3c1ccc(OC)cc1Cl. The van der Waals surface area contributed by atoms with Crippen LogP contribution in [0.25, 0.3) is 11.0 Å². The van der Waals surface area contributed by atoms with Gasteiger partial charge in [0.25, 0.3) is 0 Å². The van der Waals surface area contributed by atoms with E-state index in [-0.39, 0.29) is 0 Å². The average Bonchev–Trinajstić information content (AvgIpc) is 3.08. The molecule has 140 valence electrons. The summed E-state index contributed by atoms with van der Waals surface area (Å²) in [6.07, 6.45) is 0.869. The van der Waals surface area contributed by atoms with Crippen molar-refractivity contribution < 1.29 is 14.3 Å². The molecular formula is C19H17Cl2N3O3. The molecule has 27 heavy (non-hydrogen) atoms. The zero-order valence-electron chi connectivity index (χ0n) is 14.8. The number of rotatable bonds is 3. The lowest BCUT2D eigenvalue weighted by atomic mass is 10.1. The molecule has 8 heteroatoms. The molecule has 1 aliphatic heterocycles. The van der Waals surface area contributed by atoms with Crippen molar-refractivity contribution in [2.75, 3.05) is 25.7 Å². The van der Waals surface area contributed by atoms with E-state index >= 15 is 0 Å². The first-order valence-corrected chi connectivity index (χ1v) is 9.19. The third kappa shape index (κ3) is 2.89. The van der Waals surface area contributed by atoms with Crippen LogP contribution in [0, 0.1) is 0 Å². The molecule has 1 aromatic heterocycles. The van der Waals surface area contributed by atoms with E-state index in [9.17, 15) is 4.79 Å². The van der Waals surface area contributed by atoms with Crippen molar-refractivity contribution in [3.8, 4) is 5.75 Å². The fraction of sp³-hybridized carbons (Fsp3) is 0.263. The number of methoxy groups -OCH3 is 2. The highest BCUT2D eigenvalue weighted by Crippen LogP contribution is 2.39. The van der Waals surface area contributed by atoms with E-state index in [0.717, 1.165) is 25.2 Å². The topological polar surface area (TPSA) is 56.6 Å². The Hall–Kier alpha value is -2.44. The zero-order valence-corrected chi connectivity index (χ0v) is 16.3. The average molecular weight is 406 g/mol. The highest BCUT2D eigenvalue weighted by Gasteiger charge is 2.28. The van der Waals surface area contributed by atoms with Crippen LogP contribution in [0.3, 0.4) is 0 Å². The Morgan fingerprint density at radius 2 is 1.93 bits per heavy atom. The molecule has 0 spiro atoms. The van der Waals surface area contributed by atoms with Crippen LogP contribution >= 0.6 is 23.2 Å². The van der Waals surface area contributed by atoms with E-state index in [1.165, 1.54) is 7.11 Å². The van der Waals surface area contributed by atoms with Gasteiger partial charge in [0.2, 0.25) is 5.95 Å². The highest BCUT2D eigenvalue weighted by molar-refractivity contribution is 6.35. The summed E-state index contributed by atoms with van der Waals surface area (Å²) in [5.74, 6) is 0.964. The summed E-state index contributed by atoms with van der Waals surface area (Å²) in [5.41, 5.74) is 2.52. The molecule has 0 saturated heterocycles. The molecule has 0 amide bonds. The standard InChI is InChI=1S/C19H17Cl2N3O3/c1-26-11-4-7-15(14(21)10-11)23-8-3-9-24-17-12(18(25)27-2)5-6-13(20)16(17)22-19(23)24/h4-7,10H,3,8-9H2,1-2H3. The molecule has 0 unspecified atom stereocenters. The van der Waals surface area contributed by atoms with Crippen molar-refractivity contribution in [2.24, 2.45) is 0 Å². The Kier molecular flexibility index (Phi) is 4.61. The normalized spacial score (nSPS) is 13.6. The number of aryl methyl sites for hydroxylation is 1. The van der Waals surface area contributed by atoms with Crippen molar-refractivity contribution in [1.29, 1.82) is 0 Å². The van der Waals surface area contributed by atoms with Gasteiger partial charge in [-0.25, -0.2) is 9.78 Å². The number of imidazole rings is 1. The largest absolute Gasteiger partial charge is 0.497 e. The van der Waals surface area contributed by atoms with Gasteiger partial charge in [-0.3, -0.25) is 0 Å². The van der Waals surface area contributed by atoms with Crippen molar-refractivity contribution in [1.82, 2.24) is 9.55 Å². The quantitative estimate of drug-likeness (QED) is 0.592. The Morgan fingerprint density at radius 3 is 2.63 bits per heavy atom. The third-order valence-corrected chi connectivity index (χ3v) is 5.29. The van der Waals surface area contributed by atoms with Crippen molar-refractivity contribution in [2.45, 2.75) is 13.0 Å². The number of esters is 1. The minimum absolute atomic E-state index is 0.418. The van der Waals surface area contributed by atoms with Crippen LogP contribution < -0.4 is 9.64 Å². The molecule has 1 aliphatic rings. The number of aromatic nitrogens is 2. The molecule has 4 rings (SSSR count). The van der Waals surface area contributed by atoms with E-state index in [1.807, 2.05) is 21.6 Å². The van der Waals surface area contributed by atoms with E-state index < -0.39 is 5.97 Å². The number of nitrogens with zero attached hydrogens (tertiary/aromatic N) is 3. The number of anilines is 2. The van der Waals surface area contributed by atoms with Gasteiger partial charge in [-0.15, -0.1) is 0 Å². The number of hydrogen-bond acceptors (Lipinski definition) is 5. The van der Waals surface area contributed by atoms with E-state index in [0.29, 0.717) is 38.3 Å². The van der Waals surface area contributed by atoms with Crippen LogP contribution in [0.1, 0.15) is 16.8 Å². The van der Waals surface area contributed by atoms with Gasteiger partial charge < -0.3 is 18.9 Å². The Morgan fingerprint density at radius 1 is 1.11 bits per heavy atom. The summed E-state index contributed by atoms with van der Waals surface area (Å²) in [5, 5.41) is 1.05. The summed E-state index contributed by atoms with van der Waals surface area (Å²) in [6, 6.07) is 8.87. The van der Waals surface area contributed by atoms with E-state index in [2.05, 4.69) is 0 Å². The number of carbonyl (C=O) groups is 1. The van der Waals surface area contributed by atoms with Gasteiger partial charge in [-0.05, 0) is 30.7 Å². The number of hydrogen-bond donors (Lipinski definition) is 0. The predicted molar refractivity (Wildman–Crippen MR) is 106 cm³/mol. The minimum atomic E-state index is -0.418. The molecule has 0 radical (unpaired) electrons. The van der Waals surface area contributed by atoms with Gasteiger partial charge in [0.15, 0.2) is 0 Å². The van der Waals surface area contributed by atoms with Crippen LogP contribution in [0.15, 0.2) is 30.3 Å². The minimum Gasteiger partial charge on any atom is -0.497 e.